The van der Waals surface area contributed by atoms with Crippen LogP contribution in [-0.2, 0) is 10.3 Å². The number of amides is 1. The van der Waals surface area contributed by atoms with Gasteiger partial charge >= 0.3 is 0 Å². The fourth-order valence-corrected chi connectivity index (χ4v) is 6.51. The first kappa shape index (κ1) is 25.2. The van der Waals surface area contributed by atoms with Gasteiger partial charge in [0.15, 0.2) is 5.17 Å². The van der Waals surface area contributed by atoms with Crippen LogP contribution in [0.25, 0.3) is 0 Å². The summed E-state index contributed by atoms with van der Waals surface area (Å²) in [7, 11) is 3.59. The second kappa shape index (κ2) is 9.60. The van der Waals surface area contributed by atoms with Crippen molar-refractivity contribution in [2.45, 2.75) is 45.7 Å². The number of aliphatic imine (C=N–C) groups is 1. The summed E-state index contributed by atoms with van der Waals surface area (Å²) in [6.07, 6.45) is 9.33. The Kier molecular flexibility index (Phi) is 7.10. The van der Waals surface area contributed by atoms with Gasteiger partial charge in [-0.05, 0) is 66.3 Å². The maximum atomic E-state index is 13.1. The van der Waals surface area contributed by atoms with E-state index in [1.165, 1.54) is 11.8 Å². The Balaban J connectivity index is 1.93. The summed E-state index contributed by atoms with van der Waals surface area (Å²) in [6.45, 7) is 8.66. The summed E-state index contributed by atoms with van der Waals surface area (Å²) in [5, 5.41) is 2.30. The molecule has 3 aliphatic rings. The standard InChI is InChI=1S/C27H31Cl2N3OS/c1-16(2)22-23(25(33)31(5)6)34-26-30-27(4,19-9-13-21(29)14-10-19)24(32(22)26)18-8-12-20(28)11-7-17(3)15-18/h8-17,24H,7H2,1-6H3/t17?,24-,27?/m1/s1. The summed E-state index contributed by atoms with van der Waals surface area (Å²) < 4.78 is 0. The van der Waals surface area contributed by atoms with E-state index >= 15 is 0 Å². The molecule has 180 valence electrons. The van der Waals surface area contributed by atoms with Crippen LogP contribution in [0.3, 0.4) is 0 Å². The molecular weight excluding hydrogens is 485 g/mol. The summed E-state index contributed by atoms with van der Waals surface area (Å²) in [5.74, 6) is 0.476. The predicted molar refractivity (Wildman–Crippen MR) is 145 cm³/mol. The minimum atomic E-state index is -0.564. The second-order valence-corrected chi connectivity index (χ2v) is 11.6. The van der Waals surface area contributed by atoms with E-state index in [4.69, 9.17) is 28.2 Å². The Bertz CT molecular complexity index is 1150. The van der Waals surface area contributed by atoms with Gasteiger partial charge in [0, 0.05) is 29.8 Å². The molecule has 2 unspecified atom stereocenters. The van der Waals surface area contributed by atoms with Gasteiger partial charge in [0.2, 0.25) is 0 Å². The minimum absolute atomic E-state index is 0.0132. The first-order valence-corrected chi connectivity index (χ1v) is 13.1. The van der Waals surface area contributed by atoms with Crippen molar-refractivity contribution in [2.24, 2.45) is 16.8 Å². The lowest BCUT2D eigenvalue weighted by Crippen LogP contribution is -2.44. The van der Waals surface area contributed by atoms with Gasteiger partial charge in [0.25, 0.3) is 5.91 Å². The molecule has 1 aromatic carbocycles. The SMILES string of the molecule is CC1C=C([C@H]2N3C(=NC2(C)c2ccc(Cl)cc2)SC(C(=O)N(C)C)=C3C(C)C)C=CC(Cl)=CC1. The molecule has 34 heavy (non-hydrogen) atoms. The van der Waals surface area contributed by atoms with Gasteiger partial charge in [-0.2, -0.15) is 0 Å². The van der Waals surface area contributed by atoms with Crippen molar-refractivity contribution in [3.63, 3.8) is 0 Å². The van der Waals surface area contributed by atoms with Crippen molar-refractivity contribution in [3.05, 3.63) is 80.4 Å². The first-order chi connectivity index (χ1) is 16.0. The van der Waals surface area contributed by atoms with Gasteiger partial charge in [-0.15, -0.1) is 0 Å². The van der Waals surface area contributed by atoms with E-state index in [-0.39, 0.29) is 17.9 Å². The first-order valence-electron chi connectivity index (χ1n) is 11.6. The van der Waals surface area contributed by atoms with Crippen LogP contribution in [0.4, 0.5) is 0 Å². The van der Waals surface area contributed by atoms with Crippen LogP contribution in [0.1, 0.15) is 39.7 Å². The number of amidine groups is 1. The van der Waals surface area contributed by atoms with E-state index in [0.717, 1.165) is 38.4 Å². The Hall–Kier alpha value is -1.95. The third-order valence-electron chi connectivity index (χ3n) is 6.50. The van der Waals surface area contributed by atoms with Gasteiger partial charge in [0.05, 0.1) is 6.04 Å². The quantitative estimate of drug-likeness (QED) is 0.435. The molecule has 0 saturated heterocycles. The molecule has 1 aliphatic carbocycles. The van der Waals surface area contributed by atoms with Crippen molar-refractivity contribution in [2.75, 3.05) is 14.1 Å². The fourth-order valence-electron chi connectivity index (χ4n) is 4.80. The molecule has 1 aromatic rings. The molecule has 0 fully saturated rings. The Morgan fingerprint density at radius 3 is 2.50 bits per heavy atom. The average Bonchev–Trinajstić information content (AvgIpc) is 3.26. The molecule has 2 aliphatic heterocycles. The minimum Gasteiger partial charge on any atom is -0.344 e. The van der Waals surface area contributed by atoms with Gasteiger partial charge in [0.1, 0.15) is 10.4 Å². The van der Waals surface area contributed by atoms with Crippen molar-refractivity contribution in [1.29, 1.82) is 0 Å². The normalized spacial score (nSPS) is 26.7. The number of hydrogen-bond donors (Lipinski definition) is 0. The number of rotatable bonds is 4. The molecule has 4 rings (SSSR count). The van der Waals surface area contributed by atoms with E-state index in [2.05, 4.69) is 63.0 Å². The zero-order valence-corrected chi connectivity index (χ0v) is 22.8. The average molecular weight is 517 g/mol. The lowest BCUT2D eigenvalue weighted by Gasteiger charge is -2.38. The molecule has 0 N–H and O–H groups in total. The number of thioether (sulfide) groups is 1. The third-order valence-corrected chi connectivity index (χ3v) is 8.09. The molecule has 4 nitrogen and oxygen atoms in total. The van der Waals surface area contributed by atoms with Crippen LogP contribution >= 0.6 is 35.0 Å². The maximum absolute atomic E-state index is 13.1. The Labute approximate surface area is 217 Å². The Morgan fingerprint density at radius 1 is 1.21 bits per heavy atom. The number of halogens is 2. The van der Waals surface area contributed by atoms with Gasteiger partial charge in [-0.1, -0.05) is 74.3 Å². The monoisotopic (exact) mass is 515 g/mol. The topological polar surface area (TPSA) is 35.9 Å². The molecule has 7 heteroatoms. The molecule has 0 aromatic heterocycles. The summed E-state index contributed by atoms with van der Waals surface area (Å²) in [5.41, 5.74) is 2.69. The highest BCUT2D eigenvalue weighted by molar-refractivity contribution is 8.18. The van der Waals surface area contributed by atoms with Crippen LogP contribution in [0.5, 0.6) is 0 Å². The van der Waals surface area contributed by atoms with Crippen molar-refractivity contribution >= 4 is 46.0 Å². The number of hydrogen-bond acceptors (Lipinski definition) is 4. The zero-order valence-electron chi connectivity index (χ0n) is 20.5. The van der Waals surface area contributed by atoms with E-state index in [0.29, 0.717) is 10.9 Å². The van der Waals surface area contributed by atoms with Gasteiger partial charge < -0.3 is 9.80 Å². The highest BCUT2D eigenvalue weighted by Gasteiger charge is 2.53. The smallest absolute Gasteiger partial charge is 0.262 e. The summed E-state index contributed by atoms with van der Waals surface area (Å²) >= 11 is 14.2. The van der Waals surface area contributed by atoms with E-state index in [1.54, 1.807) is 19.0 Å². The molecule has 3 atom stereocenters. The highest BCUT2D eigenvalue weighted by Crippen LogP contribution is 2.52. The lowest BCUT2D eigenvalue weighted by molar-refractivity contribution is -0.124. The molecular formula is C27H31Cl2N3OS. The number of carbonyl (C=O) groups excluding carboxylic acids is 1. The molecule has 0 radical (unpaired) electrons. The summed E-state index contributed by atoms with van der Waals surface area (Å²) in [6, 6.07) is 7.82. The van der Waals surface area contributed by atoms with E-state index < -0.39 is 5.54 Å². The fraction of sp³-hybridized carbons (Fsp3) is 0.407. The summed E-state index contributed by atoms with van der Waals surface area (Å²) in [4.78, 5) is 23.1. The zero-order chi connectivity index (χ0) is 24.8. The van der Waals surface area contributed by atoms with Crippen LogP contribution in [0.15, 0.2) is 74.8 Å². The molecule has 0 spiro atoms. The van der Waals surface area contributed by atoms with Crippen LogP contribution in [-0.4, -0.2) is 41.0 Å². The molecule has 0 bridgehead atoms. The number of allylic oxidation sites excluding steroid dienone is 5. The van der Waals surface area contributed by atoms with Crippen molar-refractivity contribution in [3.8, 4) is 0 Å². The van der Waals surface area contributed by atoms with Crippen molar-refractivity contribution in [1.82, 2.24) is 9.80 Å². The molecule has 0 saturated carbocycles. The molecule has 1 amide bonds. The maximum Gasteiger partial charge on any atom is 0.262 e. The van der Waals surface area contributed by atoms with E-state index in [1.807, 2.05) is 18.2 Å². The van der Waals surface area contributed by atoms with Crippen molar-refractivity contribution < 1.29 is 4.79 Å². The number of fused-ring (bicyclic) bond motifs is 1. The number of likely N-dealkylation sites (N-methyl/N-ethyl adjacent to an activating group) is 1. The largest absolute Gasteiger partial charge is 0.344 e. The second-order valence-electron chi connectivity index (χ2n) is 9.79. The Morgan fingerprint density at radius 2 is 1.88 bits per heavy atom. The van der Waals surface area contributed by atoms with Gasteiger partial charge in [-0.3, -0.25) is 4.79 Å². The number of nitrogens with zero attached hydrogens (tertiary/aromatic N) is 3. The highest BCUT2D eigenvalue weighted by atomic mass is 35.5. The lowest BCUT2D eigenvalue weighted by atomic mass is 9.79. The number of carbonyl (C=O) groups is 1. The van der Waals surface area contributed by atoms with Crippen LogP contribution < -0.4 is 0 Å². The van der Waals surface area contributed by atoms with Gasteiger partial charge in [-0.25, -0.2) is 4.99 Å². The van der Waals surface area contributed by atoms with Crippen LogP contribution in [0.2, 0.25) is 5.02 Å². The van der Waals surface area contributed by atoms with E-state index in [9.17, 15) is 4.79 Å². The van der Waals surface area contributed by atoms with Crippen LogP contribution in [0, 0.1) is 11.8 Å². The third kappa shape index (κ3) is 4.50. The number of benzene rings is 1. The predicted octanol–water partition coefficient (Wildman–Crippen LogP) is 6.94. The molecule has 2 heterocycles.